The molecule has 1 saturated heterocycles. The number of fused-ring (bicyclic) bond motifs is 2. The number of hydrogen-bond acceptors (Lipinski definition) is 6. The number of ketones is 1. The Morgan fingerprint density at radius 2 is 2.13 bits per heavy atom. The van der Waals surface area contributed by atoms with Crippen molar-refractivity contribution in [1.82, 2.24) is 5.16 Å². The highest BCUT2D eigenvalue weighted by Gasteiger charge is 2.34. The monoisotopic (exact) mass is 419 g/mol. The second-order valence-electron chi connectivity index (χ2n) is 8.55. The van der Waals surface area contributed by atoms with Gasteiger partial charge in [0.2, 0.25) is 0 Å². The smallest absolute Gasteiger partial charge is 0.303 e. The van der Waals surface area contributed by atoms with Gasteiger partial charge in [-0.05, 0) is 31.2 Å². The third-order valence-electron chi connectivity index (χ3n) is 6.26. The second kappa shape index (κ2) is 7.72. The average molecular weight is 419 g/mol. The predicted molar refractivity (Wildman–Crippen MR) is 119 cm³/mol. The van der Waals surface area contributed by atoms with Crippen LogP contribution in [0.15, 0.2) is 34.9 Å². The molecule has 0 amide bonds. The number of anilines is 2. The van der Waals surface area contributed by atoms with Crippen LogP contribution in [0.25, 0.3) is 22.2 Å². The first-order valence-electron chi connectivity index (χ1n) is 10.9. The third kappa shape index (κ3) is 3.34. The molecule has 31 heavy (non-hydrogen) atoms. The van der Waals surface area contributed by atoms with Gasteiger partial charge in [0.25, 0.3) is 0 Å². The normalized spacial score (nSPS) is 17.6. The van der Waals surface area contributed by atoms with Crippen LogP contribution >= 0.6 is 0 Å². The Kier molecular flexibility index (Phi) is 4.88. The van der Waals surface area contributed by atoms with Crippen LogP contribution in [-0.2, 0) is 4.79 Å². The summed E-state index contributed by atoms with van der Waals surface area (Å²) in [6.07, 6.45) is 2.87. The van der Waals surface area contributed by atoms with Gasteiger partial charge in [-0.25, -0.2) is 0 Å². The van der Waals surface area contributed by atoms with Gasteiger partial charge in [0.15, 0.2) is 11.5 Å². The molecular formula is C24H25N3O4. The van der Waals surface area contributed by atoms with Crippen LogP contribution in [0.1, 0.15) is 48.5 Å². The quantitative estimate of drug-likeness (QED) is 0.443. The first-order valence-corrected chi connectivity index (χ1v) is 10.9. The van der Waals surface area contributed by atoms with Crippen LogP contribution in [-0.4, -0.2) is 41.7 Å². The molecule has 2 N–H and O–H groups in total. The lowest BCUT2D eigenvalue weighted by molar-refractivity contribution is -0.137. The van der Waals surface area contributed by atoms with Gasteiger partial charge in [-0.3, -0.25) is 9.59 Å². The Labute approximate surface area is 180 Å². The number of benzene rings is 2. The number of carboxylic acid groups (broad SMARTS) is 1. The van der Waals surface area contributed by atoms with Crippen molar-refractivity contribution in [2.24, 2.45) is 5.92 Å². The molecule has 3 aromatic rings. The van der Waals surface area contributed by atoms with Crippen LogP contribution in [0.4, 0.5) is 11.4 Å². The van der Waals surface area contributed by atoms with E-state index in [2.05, 4.69) is 22.3 Å². The molecule has 7 nitrogen and oxygen atoms in total. The predicted octanol–water partition coefficient (Wildman–Crippen LogP) is 4.55. The Bertz CT molecular complexity index is 1180. The minimum absolute atomic E-state index is 0.0596. The van der Waals surface area contributed by atoms with Crippen molar-refractivity contribution in [3.05, 3.63) is 41.5 Å². The van der Waals surface area contributed by atoms with Crippen LogP contribution in [0.2, 0.25) is 0 Å². The van der Waals surface area contributed by atoms with Gasteiger partial charge in [0.1, 0.15) is 5.52 Å². The summed E-state index contributed by atoms with van der Waals surface area (Å²) in [5.41, 5.74) is 4.33. The van der Waals surface area contributed by atoms with Crippen LogP contribution in [0, 0.1) is 5.92 Å². The molecule has 0 radical (unpaired) electrons. The summed E-state index contributed by atoms with van der Waals surface area (Å²) in [4.78, 5) is 26.7. The number of nitrogens with one attached hydrogen (secondary N) is 1. The lowest BCUT2D eigenvalue weighted by atomic mass is 9.86. The summed E-state index contributed by atoms with van der Waals surface area (Å²) < 4.78 is 5.81. The van der Waals surface area contributed by atoms with Gasteiger partial charge in [-0.1, -0.05) is 36.3 Å². The maximum Gasteiger partial charge on any atom is 0.303 e. The molecule has 1 aromatic heterocycles. The SMILES string of the molecule is CC1CCCN(c2cc(NCCCC(=O)O)c3c4c(onc24)-c2ccccc2C3=O)C1. The Morgan fingerprint density at radius 3 is 2.90 bits per heavy atom. The maximum absolute atomic E-state index is 13.5. The topological polar surface area (TPSA) is 95.7 Å². The summed E-state index contributed by atoms with van der Waals surface area (Å²) in [6, 6.07) is 9.44. The van der Waals surface area contributed by atoms with E-state index in [1.165, 1.54) is 6.42 Å². The minimum Gasteiger partial charge on any atom is -0.481 e. The van der Waals surface area contributed by atoms with Crippen LogP contribution in [0.3, 0.4) is 0 Å². The van der Waals surface area contributed by atoms with Gasteiger partial charge in [-0.2, -0.15) is 0 Å². The van der Waals surface area contributed by atoms with Crippen molar-refractivity contribution < 1.29 is 19.2 Å². The molecule has 0 spiro atoms. The molecule has 1 unspecified atom stereocenters. The Morgan fingerprint density at radius 1 is 1.32 bits per heavy atom. The second-order valence-corrected chi connectivity index (χ2v) is 8.55. The molecule has 1 aliphatic carbocycles. The van der Waals surface area contributed by atoms with E-state index in [4.69, 9.17) is 9.63 Å². The fraction of sp³-hybridized carbons (Fsp3) is 0.375. The molecule has 7 heteroatoms. The zero-order chi connectivity index (χ0) is 21.5. The molecule has 2 heterocycles. The van der Waals surface area contributed by atoms with Crippen molar-refractivity contribution in [3.63, 3.8) is 0 Å². The highest BCUT2D eigenvalue weighted by Crippen LogP contribution is 2.46. The molecule has 1 aliphatic heterocycles. The van der Waals surface area contributed by atoms with E-state index >= 15 is 0 Å². The number of nitrogens with zero attached hydrogens (tertiary/aromatic N) is 2. The number of carbonyl (C=O) groups is 2. The van der Waals surface area contributed by atoms with E-state index in [-0.39, 0.29) is 12.2 Å². The fourth-order valence-electron chi connectivity index (χ4n) is 4.79. The summed E-state index contributed by atoms with van der Waals surface area (Å²) in [7, 11) is 0. The highest BCUT2D eigenvalue weighted by molar-refractivity contribution is 6.28. The van der Waals surface area contributed by atoms with Crippen molar-refractivity contribution in [3.8, 4) is 11.3 Å². The van der Waals surface area contributed by atoms with E-state index < -0.39 is 5.97 Å². The van der Waals surface area contributed by atoms with Crippen LogP contribution < -0.4 is 10.2 Å². The molecule has 1 atom stereocenters. The molecule has 0 saturated carbocycles. The van der Waals surface area contributed by atoms with E-state index in [1.807, 2.05) is 30.3 Å². The summed E-state index contributed by atoms with van der Waals surface area (Å²) in [5, 5.41) is 17.4. The van der Waals surface area contributed by atoms with Crippen molar-refractivity contribution in [1.29, 1.82) is 0 Å². The maximum atomic E-state index is 13.5. The van der Waals surface area contributed by atoms with Gasteiger partial charge < -0.3 is 19.8 Å². The molecule has 5 rings (SSSR count). The Hall–Kier alpha value is -3.35. The molecule has 2 aliphatic rings. The van der Waals surface area contributed by atoms with Gasteiger partial charge in [0.05, 0.1) is 16.6 Å². The molecular weight excluding hydrogens is 394 g/mol. The zero-order valence-corrected chi connectivity index (χ0v) is 17.5. The highest BCUT2D eigenvalue weighted by atomic mass is 16.5. The van der Waals surface area contributed by atoms with Gasteiger partial charge in [0, 0.05) is 42.9 Å². The first-order chi connectivity index (χ1) is 15.0. The first kappa shape index (κ1) is 19.6. The minimum atomic E-state index is -0.826. The van der Waals surface area contributed by atoms with Crippen molar-refractivity contribution in [2.45, 2.75) is 32.6 Å². The molecule has 160 valence electrons. The van der Waals surface area contributed by atoms with E-state index in [0.717, 1.165) is 47.4 Å². The third-order valence-corrected chi connectivity index (χ3v) is 6.26. The standard InChI is InChI=1S/C24H25N3O4/c1-14-6-5-11-27(13-14)18-12-17(25-10-4-9-19(28)29)20-21-22(18)26-31-24(21)16-8-3-2-7-15(16)23(20)30/h2-3,7-8,12,14,25H,4-6,9-11,13H2,1H3,(H,28,29). The molecule has 0 bridgehead atoms. The zero-order valence-electron chi connectivity index (χ0n) is 17.5. The number of hydrogen-bond donors (Lipinski definition) is 2. The van der Waals surface area contributed by atoms with Crippen molar-refractivity contribution in [2.75, 3.05) is 29.9 Å². The number of piperidine rings is 1. The van der Waals surface area contributed by atoms with Crippen molar-refractivity contribution >= 4 is 34.0 Å². The molecule has 1 fully saturated rings. The fourth-order valence-corrected chi connectivity index (χ4v) is 4.79. The number of carbonyl (C=O) groups excluding carboxylic acids is 1. The number of aliphatic carboxylic acids is 1. The lowest BCUT2D eigenvalue weighted by Gasteiger charge is -2.33. The van der Waals surface area contributed by atoms with E-state index in [1.54, 1.807) is 0 Å². The number of aromatic nitrogens is 1. The average Bonchev–Trinajstić information content (AvgIpc) is 3.20. The van der Waals surface area contributed by atoms with E-state index in [0.29, 0.717) is 35.8 Å². The summed E-state index contributed by atoms with van der Waals surface area (Å²) >= 11 is 0. The summed E-state index contributed by atoms with van der Waals surface area (Å²) in [5.74, 6) is 0.321. The number of rotatable bonds is 6. The largest absolute Gasteiger partial charge is 0.481 e. The number of carboxylic acids is 1. The molecule has 2 aromatic carbocycles. The summed E-state index contributed by atoms with van der Waals surface area (Å²) in [6.45, 7) is 4.58. The van der Waals surface area contributed by atoms with Gasteiger partial charge >= 0.3 is 5.97 Å². The van der Waals surface area contributed by atoms with Crippen LogP contribution in [0.5, 0.6) is 0 Å². The van der Waals surface area contributed by atoms with Gasteiger partial charge in [-0.15, -0.1) is 0 Å². The lowest BCUT2D eigenvalue weighted by Crippen LogP contribution is -2.34. The Balaban J connectivity index is 1.65. The van der Waals surface area contributed by atoms with E-state index in [9.17, 15) is 9.59 Å².